The summed E-state index contributed by atoms with van der Waals surface area (Å²) in [5.74, 6) is -0.670. The number of aromatic nitrogens is 2. The molecule has 0 N–H and O–H groups in total. The lowest BCUT2D eigenvalue weighted by atomic mass is 10.2. The molecule has 2 aromatic rings. The lowest BCUT2D eigenvalue weighted by Gasteiger charge is -2.02. The van der Waals surface area contributed by atoms with Gasteiger partial charge in [0, 0.05) is 6.20 Å². The zero-order valence-corrected chi connectivity index (χ0v) is 9.36. The molecule has 0 aliphatic rings. The normalized spacial score (nSPS) is 11.8. The molecule has 0 saturated carbocycles. The van der Waals surface area contributed by atoms with Crippen LogP contribution in [0.1, 0.15) is 23.0 Å². The first kappa shape index (κ1) is 12.4. The minimum absolute atomic E-state index is 0.0577. The van der Waals surface area contributed by atoms with E-state index in [1.54, 1.807) is 6.92 Å². The number of carbonyl (C=O) groups excluding carboxylic acids is 1. The van der Waals surface area contributed by atoms with Gasteiger partial charge in [0.25, 0.3) is 0 Å². The number of carbonyl (C=O) groups is 1. The Bertz CT molecular complexity index is 589. The van der Waals surface area contributed by atoms with E-state index >= 15 is 0 Å². The van der Waals surface area contributed by atoms with Crippen molar-refractivity contribution in [2.45, 2.75) is 13.1 Å². The first-order chi connectivity index (χ1) is 8.43. The summed E-state index contributed by atoms with van der Waals surface area (Å²) >= 11 is 0. The van der Waals surface area contributed by atoms with Gasteiger partial charge >= 0.3 is 12.1 Å². The molecule has 7 heteroatoms. The fourth-order valence-electron chi connectivity index (χ4n) is 1.54. The lowest BCUT2D eigenvalue weighted by Crippen LogP contribution is -2.06. The largest absolute Gasteiger partial charge is 0.462 e. The molecule has 0 aliphatic heterocycles. The maximum atomic E-state index is 12.5. The van der Waals surface area contributed by atoms with Crippen LogP contribution in [0, 0.1) is 0 Å². The maximum Gasteiger partial charge on any atom is 0.435 e. The highest BCUT2D eigenvalue weighted by Gasteiger charge is 2.34. The third-order valence-corrected chi connectivity index (χ3v) is 2.29. The molecule has 0 unspecified atom stereocenters. The van der Waals surface area contributed by atoms with Crippen molar-refractivity contribution in [1.82, 2.24) is 9.61 Å². The van der Waals surface area contributed by atoms with E-state index in [1.165, 1.54) is 18.3 Å². The quantitative estimate of drug-likeness (QED) is 0.777. The van der Waals surface area contributed by atoms with Crippen molar-refractivity contribution >= 4 is 11.5 Å². The number of pyridine rings is 1. The number of nitrogens with zero attached hydrogens (tertiary/aromatic N) is 2. The molecule has 0 radical (unpaired) electrons. The van der Waals surface area contributed by atoms with Crippen LogP contribution in [0.5, 0.6) is 0 Å². The van der Waals surface area contributed by atoms with Crippen molar-refractivity contribution in [3.63, 3.8) is 0 Å². The molecule has 0 spiro atoms. The first-order valence-electron chi connectivity index (χ1n) is 5.16. The monoisotopic (exact) mass is 258 g/mol. The van der Waals surface area contributed by atoms with E-state index in [1.807, 2.05) is 0 Å². The van der Waals surface area contributed by atoms with Crippen LogP contribution in [0.4, 0.5) is 13.2 Å². The number of ether oxygens (including phenoxy) is 1. The van der Waals surface area contributed by atoms with Crippen LogP contribution >= 0.6 is 0 Å². The van der Waals surface area contributed by atoms with Crippen molar-refractivity contribution in [2.24, 2.45) is 0 Å². The molecule has 0 aromatic carbocycles. The molecule has 2 heterocycles. The molecule has 0 bridgehead atoms. The van der Waals surface area contributed by atoms with Crippen molar-refractivity contribution in [2.75, 3.05) is 6.61 Å². The van der Waals surface area contributed by atoms with Crippen LogP contribution in [0.3, 0.4) is 0 Å². The molecule has 0 amide bonds. The highest BCUT2D eigenvalue weighted by molar-refractivity contribution is 5.96. The molecule has 0 atom stereocenters. The van der Waals surface area contributed by atoms with Gasteiger partial charge in [-0.25, -0.2) is 9.31 Å². The van der Waals surface area contributed by atoms with Crippen LogP contribution < -0.4 is 0 Å². The Kier molecular flexibility index (Phi) is 2.98. The minimum Gasteiger partial charge on any atom is -0.462 e. The first-order valence-corrected chi connectivity index (χ1v) is 5.16. The SMILES string of the molecule is CCOC(=O)c1cccn2nc(C(F)(F)F)cc12. The Hall–Kier alpha value is -2.05. The summed E-state index contributed by atoms with van der Waals surface area (Å²) in [6, 6.07) is 3.66. The van der Waals surface area contributed by atoms with Gasteiger partial charge in [-0.05, 0) is 25.1 Å². The number of fused-ring (bicyclic) bond motifs is 1. The number of halogens is 3. The second-order valence-electron chi connectivity index (χ2n) is 3.50. The summed E-state index contributed by atoms with van der Waals surface area (Å²) in [7, 11) is 0. The zero-order valence-electron chi connectivity index (χ0n) is 9.36. The van der Waals surface area contributed by atoms with E-state index in [2.05, 4.69) is 5.10 Å². The molecule has 0 aliphatic carbocycles. The van der Waals surface area contributed by atoms with Crippen molar-refractivity contribution in [3.05, 3.63) is 35.7 Å². The number of esters is 1. The molecule has 0 saturated heterocycles. The lowest BCUT2D eigenvalue weighted by molar-refractivity contribution is -0.141. The molecule has 96 valence electrons. The molecular formula is C11H9F3N2O2. The van der Waals surface area contributed by atoms with Gasteiger partial charge in [0.05, 0.1) is 17.7 Å². The second kappa shape index (κ2) is 4.32. The van der Waals surface area contributed by atoms with Gasteiger partial charge in [0.2, 0.25) is 0 Å². The van der Waals surface area contributed by atoms with E-state index < -0.39 is 17.8 Å². The number of rotatable bonds is 2. The molecule has 0 fully saturated rings. The molecular weight excluding hydrogens is 249 g/mol. The average molecular weight is 258 g/mol. The summed E-state index contributed by atoms with van der Waals surface area (Å²) in [6.07, 6.45) is -3.20. The maximum absolute atomic E-state index is 12.5. The third-order valence-electron chi connectivity index (χ3n) is 2.29. The van der Waals surface area contributed by atoms with Crippen LogP contribution in [0.25, 0.3) is 5.52 Å². The number of hydrogen-bond donors (Lipinski definition) is 0. The summed E-state index contributed by atoms with van der Waals surface area (Å²) < 4.78 is 43.3. The highest BCUT2D eigenvalue weighted by Crippen LogP contribution is 2.29. The minimum atomic E-state index is -4.54. The number of alkyl halides is 3. The summed E-state index contributed by atoms with van der Waals surface area (Å²) in [5.41, 5.74) is -0.912. The van der Waals surface area contributed by atoms with Gasteiger partial charge in [0.15, 0.2) is 5.69 Å². The average Bonchev–Trinajstić information content (AvgIpc) is 2.72. The van der Waals surface area contributed by atoms with Crippen molar-refractivity contribution < 1.29 is 22.7 Å². The van der Waals surface area contributed by atoms with Gasteiger partial charge in [0.1, 0.15) is 0 Å². The predicted octanol–water partition coefficient (Wildman–Crippen LogP) is 2.53. The van der Waals surface area contributed by atoms with Gasteiger partial charge in [-0.1, -0.05) is 0 Å². The number of hydrogen-bond acceptors (Lipinski definition) is 3. The summed E-state index contributed by atoms with van der Waals surface area (Å²) in [4.78, 5) is 11.6. The Labute approximate surface area is 100.0 Å². The van der Waals surface area contributed by atoms with Crippen molar-refractivity contribution in [3.8, 4) is 0 Å². The van der Waals surface area contributed by atoms with E-state index in [0.29, 0.717) is 0 Å². The smallest absolute Gasteiger partial charge is 0.435 e. The molecule has 18 heavy (non-hydrogen) atoms. The Morgan fingerprint density at radius 2 is 2.22 bits per heavy atom. The second-order valence-corrected chi connectivity index (χ2v) is 3.50. The van der Waals surface area contributed by atoms with E-state index in [-0.39, 0.29) is 17.7 Å². The predicted molar refractivity (Wildman–Crippen MR) is 56.2 cm³/mol. The Morgan fingerprint density at radius 3 is 2.83 bits per heavy atom. The van der Waals surface area contributed by atoms with E-state index in [0.717, 1.165) is 10.6 Å². The Morgan fingerprint density at radius 1 is 1.50 bits per heavy atom. The standard InChI is InChI=1S/C11H9F3N2O2/c1-2-18-10(17)7-4-3-5-16-8(7)6-9(15-16)11(12,13)14/h3-6H,2H2,1H3. The highest BCUT2D eigenvalue weighted by atomic mass is 19.4. The van der Waals surface area contributed by atoms with Crippen LogP contribution in [0.2, 0.25) is 0 Å². The fourth-order valence-corrected chi connectivity index (χ4v) is 1.54. The van der Waals surface area contributed by atoms with Crippen molar-refractivity contribution in [1.29, 1.82) is 0 Å². The van der Waals surface area contributed by atoms with Crippen LogP contribution in [0.15, 0.2) is 24.4 Å². The molecule has 2 aromatic heterocycles. The topological polar surface area (TPSA) is 43.6 Å². The third kappa shape index (κ3) is 2.15. The van der Waals surface area contributed by atoms with E-state index in [4.69, 9.17) is 4.74 Å². The molecule has 4 nitrogen and oxygen atoms in total. The summed E-state index contributed by atoms with van der Waals surface area (Å²) in [5, 5.41) is 3.37. The van der Waals surface area contributed by atoms with Crippen LogP contribution in [-0.4, -0.2) is 22.2 Å². The van der Waals surface area contributed by atoms with Gasteiger partial charge in [-0.15, -0.1) is 0 Å². The molecule has 2 rings (SSSR count). The van der Waals surface area contributed by atoms with Crippen LogP contribution in [-0.2, 0) is 10.9 Å². The zero-order chi connectivity index (χ0) is 13.3. The van der Waals surface area contributed by atoms with E-state index in [9.17, 15) is 18.0 Å². The Balaban J connectivity index is 2.56. The van der Waals surface area contributed by atoms with Gasteiger partial charge in [-0.2, -0.15) is 18.3 Å². The van der Waals surface area contributed by atoms with Gasteiger partial charge < -0.3 is 4.74 Å². The fraction of sp³-hybridized carbons (Fsp3) is 0.273. The summed E-state index contributed by atoms with van der Waals surface area (Å²) in [6.45, 7) is 1.77. The van der Waals surface area contributed by atoms with Gasteiger partial charge in [-0.3, -0.25) is 0 Å².